The van der Waals surface area contributed by atoms with Gasteiger partial charge in [-0.05, 0) is 48.7 Å². The lowest BCUT2D eigenvalue weighted by atomic mass is 9.99. The van der Waals surface area contributed by atoms with Gasteiger partial charge in [0.05, 0.1) is 19.1 Å². The summed E-state index contributed by atoms with van der Waals surface area (Å²) < 4.78 is 10.5. The van der Waals surface area contributed by atoms with Gasteiger partial charge in [0.2, 0.25) is 5.91 Å². The molecule has 0 saturated carbocycles. The SMILES string of the molecule is COc1ccc(/C=C2/SC(=O)N(CC(=O)N3CCC(C)CC3)C2=O)c(OC)c1. The van der Waals surface area contributed by atoms with Crippen molar-refractivity contribution < 1.29 is 23.9 Å². The molecule has 2 heterocycles. The van der Waals surface area contributed by atoms with Crippen molar-refractivity contribution in [2.24, 2.45) is 5.92 Å². The predicted molar refractivity (Wildman–Crippen MR) is 107 cm³/mol. The Morgan fingerprint density at radius 1 is 1.21 bits per heavy atom. The van der Waals surface area contributed by atoms with Crippen LogP contribution >= 0.6 is 11.8 Å². The van der Waals surface area contributed by atoms with E-state index in [1.165, 1.54) is 7.11 Å². The number of imide groups is 1. The third-order valence-electron chi connectivity index (χ3n) is 5.03. The first-order chi connectivity index (χ1) is 13.4. The topological polar surface area (TPSA) is 76.2 Å². The fraction of sp³-hybridized carbons (Fsp3) is 0.450. The third kappa shape index (κ3) is 4.32. The van der Waals surface area contributed by atoms with Gasteiger partial charge < -0.3 is 14.4 Å². The summed E-state index contributed by atoms with van der Waals surface area (Å²) in [5.74, 6) is 1.13. The van der Waals surface area contributed by atoms with Crippen LogP contribution in [0.15, 0.2) is 23.1 Å². The zero-order chi connectivity index (χ0) is 20.3. The van der Waals surface area contributed by atoms with Gasteiger partial charge in [-0.25, -0.2) is 0 Å². The van der Waals surface area contributed by atoms with E-state index in [1.807, 2.05) is 0 Å². The minimum atomic E-state index is -0.452. The normalized spacial score (nSPS) is 19.5. The van der Waals surface area contributed by atoms with Crippen LogP contribution < -0.4 is 9.47 Å². The predicted octanol–water partition coefficient (Wildman–Crippen LogP) is 3.00. The summed E-state index contributed by atoms with van der Waals surface area (Å²) >= 11 is 0.836. The first-order valence-electron chi connectivity index (χ1n) is 9.18. The Morgan fingerprint density at radius 2 is 1.93 bits per heavy atom. The fourth-order valence-corrected chi connectivity index (χ4v) is 4.04. The van der Waals surface area contributed by atoms with Gasteiger partial charge in [0, 0.05) is 24.7 Å². The number of carbonyl (C=O) groups excluding carboxylic acids is 3. The molecular formula is C20H24N2O5S. The maximum atomic E-state index is 12.7. The Balaban J connectivity index is 1.73. The molecular weight excluding hydrogens is 380 g/mol. The lowest BCUT2D eigenvalue weighted by Gasteiger charge is -2.31. The van der Waals surface area contributed by atoms with Crippen LogP contribution in [-0.2, 0) is 9.59 Å². The van der Waals surface area contributed by atoms with Crippen molar-refractivity contribution in [1.82, 2.24) is 9.80 Å². The molecule has 0 N–H and O–H groups in total. The first-order valence-corrected chi connectivity index (χ1v) is 9.99. The second kappa shape index (κ2) is 8.68. The maximum absolute atomic E-state index is 12.7. The molecule has 0 bridgehead atoms. The standard InChI is InChI=1S/C20H24N2O5S/c1-13-6-8-21(9-7-13)18(23)12-22-19(24)17(28-20(22)25)10-14-4-5-15(26-2)11-16(14)27-3/h4-5,10-11,13H,6-9,12H2,1-3H3/b17-10+. The summed E-state index contributed by atoms with van der Waals surface area (Å²) in [6.07, 6.45) is 3.51. The van der Waals surface area contributed by atoms with E-state index < -0.39 is 11.1 Å². The van der Waals surface area contributed by atoms with Gasteiger partial charge in [0.1, 0.15) is 18.0 Å². The van der Waals surface area contributed by atoms with E-state index in [0.717, 1.165) is 29.5 Å². The number of amides is 3. The molecule has 2 fully saturated rings. The quantitative estimate of drug-likeness (QED) is 0.703. The number of hydrogen-bond donors (Lipinski definition) is 0. The number of ether oxygens (including phenoxy) is 2. The molecule has 3 amide bonds. The van der Waals surface area contributed by atoms with Gasteiger partial charge in [-0.2, -0.15) is 0 Å². The molecule has 0 aliphatic carbocycles. The van der Waals surface area contributed by atoms with Crippen LogP contribution in [-0.4, -0.2) is 60.7 Å². The number of rotatable bonds is 5. The van der Waals surface area contributed by atoms with Gasteiger partial charge in [0.15, 0.2) is 0 Å². The fourth-order valence-electron chi connectivity index (χ4n) is 3.21. The van der Waals surface area contributed by atoms with Crippen molar-refractivity contribution in [2.45, 2.75) is 19.8 Å². The Morgan fingerprint density at radius 3 is 2.57 bits per heavy atom. The molecule has 7 nitrogen and oxygen atoms in total. The number of benzene rings is 1. The smallest absolute Gasteiger partial charge is 0.294 e. The van der Waals surface area contributed by atoms with Crippen LogP contribution in [0, 0.1) is 5.92 Å². The summed E-state index contributed by atoms with van der Waals surface area (Å²) in [7, 11) is 3.08. The molecule has 0 unspecified atom stereocenters. The second-order valence-electron chi connectivity index (χ2n) is 6.94. The first kappa shape index (κ1) is 20.3. The van der Waals surface area contributed by atoms with Crippen molar-refractivity contribution in [3.63, 3.8) is 0 Å². The summed E-state index contributed by atoms with van der Waals surface area (Å²) in [6.45, 7) is 3.30. The molecule has 2 aliphatic rings. The highest BCUT2D eigenvalue weighted by Gasteiger charge is 2.37. The summed E-state index contributed by atoms with van der Waals surface area (Å²) in [6, 6.07) is 5.21. The lowest BCUT2D eigenvalue weighted by Crippen LogP contribution is -2.45. The number of piperidine rings is 1. The molecule has 0 radical (unpaired) electrons. The summed E-state index contributed by atoms with van der Waals surface area (Å²) in [4.78, 5) is 40.5. The van der Waals surface area contributed by atoms with E-state index in [-0.39, 0.29) is 17.4 Å². The zero-order valence-corrected chi connectivity index (χ0v) is 17.1. The van der Waals surface area contributed by atoms with Crippen molar-refractivity contribution >= 4 is 34.9 Å². The van der Waals surface area contributed by atoms with E-state index in [1.54, 1.807) is 36.3 Å². The molecule has 0 aromatic heterocycles. The van der Waals surface area contributed by atoms with E-state index in [9.17, 15) is 14.4 Å². The minimum Gasteiger partial charge on any atom is -0.497 e. The van der Waals surface area contributed by atoms with Gasteiger partial charge in [0.25, 0.3) is 11.1 Å². The molecule has 2 aliphatic heterocycles. The molecule has 0 atom stereocenters. The largest absolute Gasteiger partial charge is 0.497 e. The van der Waals surface area contributed by atoms with Crippen molar-refractivity contribution in [3.8, 4) is 11.5 Å². The number of likely N-dealkylation sites (tertiary alicyclic amines) is 1. The molecule has 0 spiro atoms. The van der Waals surface area contributed by atoms with Crippen LogP contribution in [0.4, 0.5) is 4.79 Å². The zero-order valence-electron chi connectivity index (χ0n) is 16.3. The molecule has 1 aromatic rings. The van der Waals surface area contributed by atoms with Gasteiger partial charge in [-0.1, -0.05) is 6.92 Å². The van der Waals surface area contributed by atoms with Crippen LogP contribution in [0.5, 0.6) is 11.5 Å². The molecule has 2 saturated heterocycles. The van der Waals surface area contributed by atoms with E-state index >= 15 is 0 Å². The molecule has 28 heavy (non-hydrogen) atoms. The minimum absolute atomic E-state index is 0.183. The van der Waals surface area contributed by atoms with Crippen molar-refractivity contribution in [1.29, 1.82) is 0 Å². The average Bonchev–Trinajstić information content (AvgIpc) is 2.96. The Kier molecular flexibility index (Phi) is 6.28. The lowest BCUT2D eigenvalue weighted by molar-refractivity contribution is -0.136. The van der Waals surface area contributed by atoms with E-state index in [4.69, 9.17) is 9.47 Å². The highest BCUT2D eigenvalue weighted by molar-refractivity contribution is 8.18. The number of nitrogens with zero attached hydrogens (tertiary/aromatic N) is 2. The monoisotopic (exact) mass is 404 g/mol. The molecule has 1 aromatic carbocycles. The summed E-state index contributed by atoms with van der Waals surface area (Å²) in [5, 5.41) is -0.428. The second-order valence-corrected chi connectivity index (χ2v) is 7.93. The Hall–Kier alpha value is -2.48. The van der Waals surface area contributed by atoms with Crippen LogP contribution in [0.3, 0.4) is 0 Å². The highest BCUT2D eigenvalue weighted by Crippen LogP contribution is 2.35. The summed E-state index contributed by atoms with van der Waals surface area (Å²) in [5.41, 5.74) is 0.658. The average molecular weight is 404 g/mol. The van der Waals surface area contributed by atoms with Crippen LogP contribution in [0.2, 0.25) is 0 Å². The van der Waals surface area contributed by atoms with Crippen LogP contribution in [0.25, 0.3) is 6.08 Å². The number of methoxy groups -OCH3 is 2. The molecule has 8 heteroatoms. The van der Waals surface area contributed by atoms with Gasteiger partial charge in [-0.15, -0.1) is 0 Å². The van der Waals surface area contributed by atoms with E-state index in [2.05, 4.69) is 6.92 Å². The van der Waals surface area contributed by atoms with Crippen LogP contribution in [0.1, 0.15) is 25.3 Å². The van der Waals surface area contributed by atoms with Crippen molar-refractivity contribution in [3.05, 3.63) is 28.7 Å². The third-order valence-corrected chi connectivity index (χ3v) is 5.94. The highest BCUT2D eigenvalue weighted by atomic mass is 32.2. The van der Waals surface area contributed by atoms with Gasteiger partial charge in [-0.3, -0.25) is 19.3 Å². The number of carbonyl (C=O) groups is 3. The Labute approximate surface area is 168 Å². The van der Waals surface area contributed by atoms with Gasteiger partial charge >= 0.3 is 0 Å². The number of hydrogen-bond acceptors (Lipinski definition) is 6. The maximum Gasteiger partial charge on any atom is 0.294 e. The molecule has 3 rings (SSSR count). The Bertz CT molecular complexity index is 815. The van der Waals surface area contributed by atoms with E-state index in [0.29, 0.717) is 36.1 Å². The molecule has 150 valence electrons. The van der Waals surface area contributed by atoms with Crippen molar-refractivity contribution in [2.75, 3.05) is 33.9 Å². The number of thioether (sulfide) groups is 1.